The molecule has 2 saturated heterocycles. The molecule has 1 amide bonds. The van der Waals surface area contributed by atoms with Crippen molar-refractivity contribution in [1.82, 2.24) is 10.2 Å². The summed E-state index contributed by atoms with van der Waals surface area (Å²) in [5.74, 6) is 0.951. The maximum atomic E-state index is 12.3. The molecular weight excluding hydrogens is 204 g/mol. The van der Waals surface area contributed by atoms with Gasteiger partial charge in [0.25, 0.3) is 0 Å². The number of nitrogens with zero attached hydrogens (tertiary/aromatic N) is 1. The van der Waals surface area contributed by atoms with Gasteiger partial charge in [0.2, 0.25) is 5.91 Å². The summed E-state index contributed by atoms with van der Waals surface area (Å²) < 4.78 is 5.33. The number of ether oxygens (including phenoxy) is 1. The molecule has 2 aliphatic heterocycles. The molecule has 0 spiro atoms. The van der Waals surface area contributed by atoms with Gasteiger partial charge in [-0.05, 0) is 25.3 Å². The highest BCUT2D eigenvalue weighted by molar-refractivity contribution is 5.79. The molecule has 0 aromatic carbocycles. The van der Waals surface area contributed by atoms with Crippen LogP contribution in [0.15, 0.2) is 0 Å². The van der Waals surface area contributed by atoms with Crippen molar-refractivity contribution in [2.24, 2.45) is 11.8 Å². The summed E-state index contributed by atoms with van der Waals surface area (Å²) in [6.45, 7) is 5.55. The zero-order valence-electron chi connectivity index (χ0n) is 10.2. The minimum atomic E-state index is 0.174. The lowest BCUT2D eigenvalue weighted by molar-refractivity contribution is -0.138. The molecule has 2 rings (SSSR count). The SMILES string of the molecule is C[C@@H]1CNC[C@H]1C(=O)N(C)C1CCOCC1. The van der Waals surface area contributed by atoms with E-state index in [1.165, 1.54) is 0 Å². The van der Waals surface area contributed by atoms with Gasteiger partial charge in [-0.1, -0.05) is 6.92 Å². The van der Waals surface area contributed by atoms with Crippen molar-refractivity contribution in [3.05, 3.63) is 0 Å². The molecule has 0 saturated carbocycles. The van der Waals surface area contributed by atoms with E-state index in [-0.39, 0.29) is 5.92 Å². The molecule has 2 heterocycles. The van der Waals surface area contributed by atoms with E-state index in [4.69, 9.17) is 4.74 Å². The van der Waals surface area contributed by atoms with Crippen LogP contribution in [0.3, 0.4) is 0 Å². The molecule has 0 aromatic heterocycles. The Labute approximate surface area is 97.3 Å². The standard InChI is InChI=1S/C12H22N2O2/c1-9-7-13-8-11(9)12(15)14(2)10-3-5-16-6-4-10/h9-11,13H,3-8H2,1-2H3/t9-,11-/m1/s1. The first kappa shape index (κ1) is 11.9. The van der Waals surface area contributed by atoms with Gasteiger partial charge in [0.05, 0.1) is 5.92 Å². The zero-order valence-corrected chi connectivity index (χ0v) is 10.2. The highest BCUT2D eigenvalue weighted by atomic mass is 16.5. The summed E-state index contributed by atoms with van der Waals surface area (Å²) in [5.41, 5.74) is 0. The second kappa shape index (κ2) is 5.15. The third kappa shape index (κ3) is 2.38. The molecule has 4 nitrogen and oxygen atoms in total. The van der Waals surface area contributed by atoms with E-state index in [1.54, 1.807) is 0 Å². The fraction of sp³-hybridized carbons (Fsp3) is 0.917. The van der Waals surface area contributed by atoms with Gasteiger partial charge in [0.15, 0.2) is 0 Å². The highest BCUT2D eigenvalue weighted by Gasteiger charge is 2.34. The van der Waals surface area contributed by atoms with E-state index in [0.29, 0.717) is 17.9 Å². The second-order valence-electron chi connectivity index (χ2n) is 5.03. The maximum absolute atomic E-state index is 12.3. The Balaban J connectivity index is 1.92. The van der Waals surface area contributed by atoms with E-state index >= 15 is 0 Å². The van der Waals surface area contributed by atoms with E-state index in [1.807, 2.05) is 11.9 Å². The quantitative estimate of drug-likeness (QED) is 0.744. The number of amides is 1. The first-order chi connectivity index (χ1) is 7.70. The van der Waals surface area contributed by atoms with Crippen molar-refractivity contribution in [1.29, 1.82) is 0 Å². The van der Waals surface area contributed by atoms with Gasteiger partial charge in [0.1, 0.15) is 0 Å². The molecule has 0 unspecified atom stereocenters. The number of carbonyl (C=O) groups excluding carboxylic acids is 1. The fourth-order valence-corrected chi connectivity index (χ4v) is 2.65. The molecule has 0 aromatic rings. The topological polar surface area (TPSA) is 41.6 Å². The predicted molar refractivity (Wildman–Crippen MR) is 62.1 cm³/mol. The summed E-state index contributed by atoms with van der Waals surface area (Å²) in [4.78, 5) is 14.3. The highest BCUT2D eigenvalue weighted by Crippen LogP contribution is 2.21. The van der Waals surface area contributed by atoms with Crippen LogP contribution in [0, 0.1) is 11.8 Å². The van der Waals surface area contributed by atoms with Crippen molar-refractivity contribution in [2.45, 2.75) is 25.8 Å². The molecule has 16 heavy (non-hydrogen) atoms. The number of hydrogen-bond acceptors (Lipinski definition) is 3. The lowest BCUT2D eigenvalue weighted by Crippen LogP contribution is -2.44. The third-order valence-electron chi connectivity index (χ3n) is 3.92. The van der Waals surface area contributed by atoms with E-state index in [0.717, 1.165) is 39.1 Å². The lowest BCUT2D eigenvalue weighted by atomic mass is 9.95. The first-order valence-electron chi connectivity index (χ1n) is 6.25. The summed E-state index contributed by atoms with van der Waals surface area (Å²) in [6, 6.07) is 0.383. The maximum Gasteiger partial charge on any atom is 0.227 e. The van der Waals surface area contributed by atoms with Gasteiger partial charge in [-0.3, -0.25) is 4.79 Å². The average molecular weight is 226 g/mol. The van der Waals surface area contributed by atoms with Crippen LogP contribution in [0.5, 0.6) is 0 Å². The van der Waals surface area contributed by atoms with Crippen LogP contribution < -0.4 is 5.32 Å². The Morgan fingerprint density at radius 2 is 2.00 bits per heavy atom. The molecule has 2 atom stereocenters. The smallest absolute Gasteiger partial charge is 0.227 e. The van der Waals surface area contributed by atoms with Gasteiger partial charge < -0.3 is 15.0 Å². The minimum Gasteiger partial charge on any atom is -0.381 e. The Hall–Kier alpha value is -0.610. The molecule has 2 aliphatic rings. The van der Waals surface area contributed by atoms with Crippen LogP contribution in [0.1, 0.15) is 19.8 Å². The summed E-state index contributed by atoms with van der Waals surface area (Å²) in [5, 5.41) is 3.29. The van der Waals surface area contributed by atoms with Crippen molar-refractivity contribution in [3.8, 4) is 0 Å². The van der Waals surface area contributed by atoms with Crippen molar-refractivity contribution in [2.75, 3.05) is 33.4 Å². The van der Waals surface area contributed by atoms with Gasteiger partial charge in [-0.15, -0.1) is 0 Å². The van der Waals surface area contributed by atoms with Crippen LogP contribution in [-0.2, 0) is 9.53 Å². The van der Waals surface area contributed by atoms with Crippen LogP contribution in [0.4, 0.5) is 0 Å². The molecule has 0 aliphatic carbocycles. The second-order valence-corrected chi connectivity index (χ2v) is 5.03. The minimum absolute atomic E-state index is 0.174. The summed E-state index contributed by atoms with van der Waals surface area (Å²) >= 11 is 0. The average Bonchev–Trinajstić information content (AvgIpc) is 2.75. The first-order valence-corrected chi connectivity index (χ1v) is 6.25. The molecule has 4 heteroatoms. The Kier molecular flexibility index (Phi) is 3.82. The molecule has 92 valence electrons. The molecule has 0 radical (unpaired) electrons. The largest absolute Gasteiger partial charge is 0.381 e. The Morgan fingerprint density at radius 3 is 2.56 bits per heavy atom. The van der Waals surface area contributed by atoms with E-state index in [2.05, 4.69) is 12.2 Å². The molecule has 0 bridgehead atoms. The predicted octanol–water partition coefficient (Wildman–Crippen LogP) is 0.479. The lowest BCUT2D eigenvalue weighted by Gasteiger charge is -2.33. The zero-order chi connectivity index (χ0) is 11.5. The summed E-state index contributed by atoms with van der Waals surface area (Å²) in [6.07, 6.45) is 1.97. The van der Waals surface area contributed by atoms with Gasteiger partial charge >= 0.3 is 0 Å². The van der Waals surface area contributed by atoms with Crippen LogP contribution >= 0.6 is 0 Å². The summed E-state index contributed by atoms with van der Waals surface area (Å²) in [7, 11) is 1.95. The van der Waals surface area contributed by atoms with Crippen LogP contribution in [0.25, 0.3) is 0 Å². The van der Waals surface area contributed by atoms with Gasteiger partial charge in [0, 0.05) is 32.8 Å². The normalized spacial score (nSPS) is 31.6. The third-order valence-corrected chi connectivity index (χ3v) is 3.92. The molecule has 2 fully saturated rings. The molecular formula is C12H22N2O2. The number of carbonyl (C=O) groups is 1. The van der Waals surface area contributed by atoms with Crippen molar-refractivity contribution < 1.29 is 9.53 Å². The van der Waals surface area contributed by atoms with Crippen LogP contribution in [0.2, 0.25) is 0 Å². The molecule has 1 N–H and O–H groups in total. The van der Waals surface area contributed by atoms with Crippen LogP contribution in [-0.4, -0.2) is 50.2 Å². The number of rotatable bonds is 2. The van der Waals surface area contributed by atoms with Crippen molar-refractivity contribution in [3.63, 3.8) is 0 Å². The number of nitrogens with one attached hydrogen (secondary N) is 1. The van der Waals surface area contributed by atoms with E-state index < -0.39 is 0 Å². The van der Waals surface area contributed by atoms with Crippen molar-refractivity contribution >= 4 is 5.91 Å². The number of hydrogen-bond donors (Lipinski definition) is 1. The van der Waals surface area contributed by atoms with E-state index in [9.17, 15) is 4.79 Å². The monoisotopic (exact) mass is 226 g/mol. The Bertz CT molecular complexity index is 251. The van der Waals surface area contributed by atoms with Gasteiger partial charge in [-0.2, -0.15) is 0 Å². The fourth-order valence-electron chi connectivity index (χ4n) is 2.65. The van der Waals surface area contributed by atoms with Gasteiger partial charge in [-0.25, -0.2) is 0 Å². The Morgan fingerprint density at radius 1 is 1.31 bits per heavy atom.